The van der Waals surface area contributed by atoms with Gasteiger partial charge in [-0.3, -0.25) is 4.79 Å². The van der Waals surface area contributed by atoms with Crippen molar-refractivity contribution in [2.75, 3.05) is 18.4 Å². The maximum atomic E-state index is 13.4. The minimum Gasteiger partial charge on any atom is -0.403 e. The first-order chi connectivity index (χ1) is 14.8. The molecule has 3 fully saturated rings. The summed E-state index contributed by atoms with van der Waals surface area (Å²) in [5, 5.41) is 20.2. The number of nitrogens with zero attached hydrogens (tertiary/aromatic N) is 4. The number of amides is 1. The van der Waals surface area contributed by atoms with E-state index in [1.165, 1.54) is 25.0 Å². The number of nitriles is 1. The highest BCUT2D eigenvalue weighted by Gasteiger charge is 2.58. The number of hydrogen-bond acceptors (Lipinski definition) is 6. The maximum absolute atomic E-state index is 13.4. The molecule has 0 bridgehead atoms. The van der Waals surface area contributed by atoms with Crippen LogP contribution in [0.2, 0.25) is 0 Å². The normalized spacial score (nSPS) is 23.8. The molecule has 2 atom stereocenters. The molecule has 0 unspecified atom stereocenters. The number of rotatable bonds is 5. The number of carbonyl (C=O) groups excluding carboxylic acids is 1. The topological polar surface area (TPSA) is 95.0 Å². The Balaban J connectivity index is 1.25. The van der Waals surface area contributed by atoms with Crippen LogP contribution >= 0.6 is 0 Å². The Morgan fingerprint density at radius 3 is 2.61 bits per heavy atom. The Kier molecular flexibility index (Phi) is 4.50. The summed E-state index contributed by atoms with van der Waals surface area (Å²) in [6.07, 6.45) is 4.47. The van der Waals surface area contributed by atoms with Gasteiger partial charge in [-0.2, -0.15) is 5.26 Å². The van der Waals surface area contributed by atoms with Crippen LogP contribution in [0.1, 0.15) is 56.1 Å². The van der Waals surface area contributed by atoms with Gasteiger partial charge in [0, 0.05) is 25.1 Å². The first kappa shape index (κ1) is 19.9. The van der Waals surface area contributed by atoms with Crippen molar-refractivity contribution in [3.8, 4) is 17.5 Å². The van der Waals surface area contributed by atoms with Crippen molar-refractivity contribution in [2.45, 2.75) is 56.9 Å². The summed E-state index contributed by atoms with van der Waals surface area (Å²) in [4.78, 5) is 14.6. The van der Waals surface area contributed by atoms with Gasteiger partial charge >= 0.3 is 6.01 Å². The van der Waals surface area contributed by atoms with E-state index in [1.54, 1.807) is 13.0 Å². The zero-order chi connectivity index (χ0) is 21.8. The fourth-order valence-electron chi connectivity index (χ4n) is 4.44. The number of benzene rings is 1. The monoisotopic (exact) mass is 427 g/mol. The Morgan fingerprint density at radius 1 is 1.29 bits per heavy atom. The van der Waals surface area contributed by atoms with E-state index >= 15 is 0 Å². The van der Waals surface area contributed by atoms with Crippen LogP contribution in [0, 0.1) is 16.7 Å². The van der Waals surface area contributed by atoms with Gasteiger partial charge in [-0.25, -0.2) is 8.78 Å². The zero-order valence-electron chi connectivity index (χ0n) is 17.2. The number of hydrogen-bond donors (Lipinski definition) is 1. The first-order valence-electron chi connectivity index (χ1n) is 10.6. The molecule has 1 aliphatic heterocycles. The van der Waals surface area contributed by atoms with Crippen molar-refractivity contribution in [1.82, 2.24) is 15.1 Å². The van der Waals surface area contributed by atoms with Crippen molar-refractivity contribution in [3.05, 3.63) is 29.3 Å². The molecule has 2 saturated carbocycles. The Morgan fingerprint density at radius 2 is 2.00 bits per heavy atom. The van der Waals surface area contributed by atoms with Gasteiger partial charge < -0.3 is 14.6 Å². The minimum atomic E-state index is -2.75. The molecule has 2 heterocycles. The molecule has 2 aromatic rings. The third-order valence-electron chi connectivity index (χ3n) is 6.85. The molecule has 1 spiro atoms. The fourth-order valence-corrected chi connectivity index (χ4v) is 4.44. The molecule has 2 aliphatic carbocycles. The van der Waals surface area contributed by atoms with E-state index < -0.39 is 17.9 Å². The maximum Gasteiger partial charge on any atom is 0.316 e. The average molecular weight is 427 g/mol. The number of alkyl halides is 2. The molecule has 7 nitrogen and oxygen atoms in total. The van der Waals surface area contributed by atoms with Crippen LogP contribution in [-0.2, 0) is 4.79 Å². The van der Waals surface area contributed by atoms with Crippen LogP contribution in [0.4, 0.5) is 14.8 Å². The van der Waals surface area contributed by atoms with Crippen molar-refractivity contribution in [1.29, 1.82) is 5.26 Å². The molecule has 1 saturated heterocycles. The van der Waals surface area contributed by atoms with E-state index in [2.05, 4.69) is 15.5 Å². The SMILES string of the molecule is C[C@@H](Nc1nnc(-c2ccc([C@@H]3CC3(F)F)c(C#N)c2)o1)C(=O)N1CCC2(CC1)CC2. The largest absolute Gasteiger partial charge is 0.403 e. The van der Waals surface area contributed by atoms with Crippen LogP contribution in [0.25, 0.3) is 11.5 Å². The van der Waals surface area contributed by atoms with Crippen molar-refractivity contribution < 1.29 is 18.0 Å². The lowest BCUT2D eigenvalue weighted by Crippen LogP contribution is -2.45. The molecule has 0 radical (unpaired) electrons. The van der Waals surface area contributed by atoms with Crippen LogP contribution in [0.5, 0.6) is 0 Å². The van der Waals surface area contributed by atoms with Crippen molar-refractivity contribution in [2.24, 2.45) is 5.41 Å². The molecule has 31 heavy (non-hydrogen) atoms. The molecule has 1 N–H and O–H groups in total. The number of halogens is 2. The first-order valence-corrected chi connectivity index (χ1v) is 10.6. The lowest BCUT2D eigenvalue weighted by atomic mass is 9.93. The van der Waals surface area contributed by atoms with E-state index in [0.29, 0.717) is 16.5 Å². The van der Waals surface area contributed by atoms with Gasteiger partial charge in [0.2, 0.25) is 11.8 Å². The second-order valence-electron chi connectivity index (χ2n) is 9.04. The second-order valence-corrected chi connectivity index (χ2v) is 9.04. The second kappa shape index (κ2) is 7.01. The summed E-state index contributed by atoms with van der Waals surface area (Å²) in [6.45, 7) is 3.32. The van der Waals surface area contributed by atoms with Crippen molar-refractivity contribution in [3.63, 3.8) is 0 Å². The van der Waals surface area contributed by atoms with E-state index in [1.807, 2.05) is 11.0 Å². The molecule has 3 aliphatic rings. The van der Waals surface area contributed by atoms with Gasteiger partial charge in [0.1, 0.15) is 6.04 Å². The number of nitrogens with one attached hydrogen (secondary N) is 1. The molecule has 1 amide bonds. The number of likely N-dealkylation sites (tertiary alicyclic amines) is 1. The minimum absolute atomic E-state index is 0.00303. The highest BCUT2D eigenvalue weighted by atomic mass is 19.3. The molecule has 1 aromatic heterocycles. The van der Waals surface area contributed by atoms with Crippen LogP contribution in [-0.4, -0.2) is 46.1 Å². The van der Waals surface area contributed by atoms with Crippen LogP contribution in [0.3, 0.4) is 0 Å². The Bertz CT molecular complexity index is 1060. The molecule has 9 heteroatoms. The summed E-state index contributed by atoms with van der Waals surface area (Å²) in [6, 6.07) is 6.16. The Labute approximate surface area is 178 Å². The lowest BCUT2D eigenvalue weighted by molar-refractivity contribution is -0.133. The smallest absolute Gasteiger partial charge is 0.316 e. The highest BCUT2D eigenvalue weighted by Crippen LogP contribution is 2.56. The van der Waals surface area contributed by atoms with Gasteiger partial charge in [-0.15, -0.1) is 5.10 Å². The van der Waals surface area contributed by atoms with E-state index in [0.717, 1.165) is 25.9 Å². The van der Waals surface area contributed by atoms with E-state index in [4.69, 9.17) is 4.42 Å². The third-order valence-corrected chi connectivity index (χ3v) is 6.85. The molecule has 1 aromatic carbocycles. The van der Waals surface area contributed by atoms with Gasteiger partial charge in [-0.1, -0.05) is 11.2 Å². The number of piperidine rings is 1. The lowest BCUT2D eigenvalue weighted by Gasteiger charge is -2.33. The summed E-state index contributed by atoms with van der Waals surface area (Å²) in [5.41, 5.74) is 1.48. The predicted molar refractivity (Wildman–Crippen MR) is 107 cm³/mol. The summed E-state index contributed by atoms with van der Waals surface area (Å²) in [5.74, 6) is -3.50. The van der Waals surface area contributed by atoms with Gasteiger partial charge in [-0.05, 0) is 55.7 Å². The highest BCUT2D eigenvalue weighted by molar-refractivity contribution is 5.83. The summed E-state index contributed by atoms with van der Waals surface area (Å²) >= 11 is 0. The summed E-state index contributed by atoms with van der Waals surface area (Å²) < 4.78 is 32.4. The zero-order valence-corrected chi connectivity index (χ0v) is 17.2. The van der Waals surface area contributed by atoms with Crippen LogP contribution in [0.15, 0.2) is 22.6 Å². The van der Waals surface area contributed by atoms with Gasteiger partial charge in [0.15, 0.2) is 0 Å². The molecular formula is C22H23F2N5O2. The molecule has 162 valence electrons. The fraction of sp³-hybridized carbons (Fsp3) is 0.545. The summed E-state index contributed by atoms with van der Waals surface area (Å²) in [7, 11) is 0. The number of anilines is 1. The van der Waals surface area contributed by atoms with Gasteiger partial charge in [0.05, 0.1) is 17.6 Å². The van der Waals surface area contributed by atoms with E-state index in [9.17, 15) is 18.8 Å². The van der Waals surface area contributed by atoms with Crippen LogP contribution < -0.4 is 5.32 Å². The van der Waals surface area contributed by atoms with Crippen molar-refractivity contribution >= 4 is 11.9 Å². The average Bonchev–Trinajstić information content (AvgIpc) is 3.60. The molecule has 5 rings (SSSR count). The third kappa shape index (κ3) is 3.75. The number of aromatic nitrogens is 2. The Hall–Kier alpha value is -3.02. The molecular weight excluding hydrogens is 404 g/mol. The predicted octanol–water partition coefficient (Wildman–Crippen LogP) is 3.93. The quantitative estimate of drug-likeness (QED) is 0.777. The van der Waals surface area contributed by atoms with Gasteiger partial charge in [0.25, 0.3) is 5.92 Å². The standard InChI is InChI=1S/C22H23F2N5O2/c1-13(19(30)29-8-6-21(4-5-21)7-9-29)26-20-28-27-18(31-20)14-2-3-16(15(10-14)12-25)17-11-22(17,23)24/h2-3,10,13,17H,4-9,11H2,1H3,(H,26,28)/t13-,17+/m1/s1. The van der Waals surface area contributed by atoms with E-state index in [-0.39, 0.29) is 29.8 Å². The number of carbonyl (C=O) groups is 1.